The molecule has 0 spiro atoms. The van der Waals surface area contributed by atoms with Crippen molar-refractivity contribution < 1.29 is 17.7 Å². The lowest BCUT2D eigenvalue weighted by Gasteiger charge is -2.32. The monoisotopic (exact) mass is 352 g/mol. The number of hydrogen-bond acceptors (Lipinski definition) is 4. The summed E-state index contributed by atoms with van der Waals surface area (Å²) in [5.74, 6) is 0.378. The van der Waals surface area contributed by atoms with Crippen LogP contribution in [0, 0.1) is 5.92 Å². The Bertz CT molecular complexity index is 662. The largest absolute Gasteiger partial charge is 0.494 e. The van der Waals surface area contributed by atoms with Gasteiger partial charge in [-0.05, 0) is 51.2 Å². The Morgan fingerprint density at radius 3 is 2.08 bits per heavy atom. The minimum atomic E-state index is -3.30. The molecule has 6 heteroatoms. The summed E-state index contributed by atoms with van der Waals surface area (Å²) < 4.78 is 37.4. The van der Waals surface area contributed by atoms with Gasteiger partial charge in [-0.2, -0.15) is 0 Å². The van der Waals surface area contributed by atoms with E-state index in [4.69, 9.17) is 9.31 Å². The normalized spacial score (nSPS) is 19.9. The predicted molar refractivity (Wildman–Crippen MR) is 98.3 cm³/mol. The fraction of sp³-hybridized carbons (Fsp3) is 0.667. The van der Waals surface area contributed by atoms with Gasteiger partial charge in [0.2, 0.25) is 0 Å². The Hall–Kier alpha value is -0.845. The highest BCUT2D eigenvalue weighted by atomic mass is 32.2. The molecule has 4 nitrogen and oxygen atoms in total. The molecular formula is C18H29BO4S. The number of rotatable bonds is 6. The van der Waals surface area contributed by atoms with Crippen molar-refractivity contribution >= 4 is 22.4 Å². The van der Waals surface area contributed by atoms with E-state index < -0.39 is 28.2 Å². The van der Waals surface area contributed by atoms with Crippen LogP contribution in [-0.4, -0.2) is 32.5 Å². The summed E-state index contributed by atoms with van der Waals surface area (Å²) in [5, 5.41) is 0. The highest BCUT2D eigenvalue weighted by Gasteiger charge is 2.51. The molecule has 24 heavy (non-hydrogen) atoms. The van der Waals surface area contributed by atoms with Crippen molar-refractivity contribution in [3.8, 4) is 0 Å². The van der Waals surface area contributed by atoms with E-state index >= 15 is 0 Å². The third kappa shape index (κ3) is 3.86. The van der Waals surface area contributed by atoms with E-state index in [1.807, 2.05) is 47.6 Å². The van der Waals surface area contributed by atoms with Gasteiger partial charge in [-0.25, -0.2) is 8.42 Å². The van der Waals surface area contributed by atoms with E-state index in [1.54, 1.807) is 18.2 Å². The lowest BCUT2D eigenvalue weighted by atomic mass is 9.79. The average Bonchev–Trinajstić information content (AvgIpc) is 2.73. The summed E-state index contributed by atoms with van der Waals surface area (Å²) in [5.41, 5.74) is -0.135. The van der Waals surface area contributed by atoms with E-state index in [0.717, 1.165) is 18.3 Å². The molecule has 0 N–H and O–H groups in total. The molecule has 1 aliphatic heterocycles. The van der Waals surface area contributed by atoms with Gasteiger partial charge in [0.1, 0.15) is 0 Å². The van der Waals surface area contributed by atoms with Crippen LogP contribution in [0.1, 0.15) is 54.4 Å². The van der Waals surface area contributed by atoms with E-state index in [-0.39, 0.29) is 11.7 Å². The van der Waals surface area contributed by atoms with Gasteiger partial charge in [-0.1, -0.05) is 38.8 Å². The SMILES string of the molecule is CCC(CC)CS(=O)(=O)c1cccc(B2OC(C)(C)C(C)(C)O2)c1. The van der Waals surface area contributed by atoms with Crippen LogP contribution in [0.2, 0.25) is 0 Å². The zero-order valence-corrected chi connectivity index (χ0v) is 16.4. The third-order valence-electron chi connectivity index (χ3n) is 5.35. The Morgan fingerprint density at radius 2 is 1.58 bits per heavy atom. The molecule has 0 unspecified atom stereocenters. The highest BCUT2D eigenvalue weighted by Crippen LogP contribution is 2.36. The van der Waals surface area contributed by atoms with Gasteiger partial charge < -0.3 is 9.31 Å². The van der Waals surface area contributed by atoms with E-state index in [2.05, 4.69) is 0 Å². The molecule has 0 amide bonds. The summed E-state index contributed by atoms with van der Waals surface area (Å²) in [4.78, 5) is 0.349. The predicted octanol–water partition coefficient (Wildman–Crippen LogP) is 3.20. The molecule has 1 aromatic carbocycles. The molecule has 134 valence electrons. The van der Waals surface area contributed by atoms with E-state index in [0.29, 0.717) is 4.90 Å². The van der Waals surface area contributed by atoms with Crippen molar-refractivity contribution in [2.75, 3.05) is 5.75 Å². The highest BCUT2D eigenvalue weighted by molar-refractivity contribution is 7.91. The van der Waals surface area contributed by atoms with E-state index in [9.17, 15) is 8.42 Å². The van der Waals surface area contributed by atoms with Gasteiger partial charge in [0.25, 0.3) is 0 Å². The number of hydrogen-bond donors (Lipinski definition) is 0. The Morgan fingerprint density at radius 1 is 1.04 bits per heavy atom. The molecule has 0 saturated carbocycles. The molecule has 0 aliphatic carbocycles. The molecule has 0 bridgehead atoms. The number of benzene rings is 1. The molecule has 1 saturated heterocycles. The molecule has 0 atom stereocenters. The van der Waals surface area contributed by atoms with Crippen LogP contribution in [0.25, 0.3) is 0 Å². The molecule has 1 heterocycles. The smallest absolute Gasteiger partial charge is 0.399 e. The second-order valence-electron chi connectivity index (χ2n) is 7.62. The zero-order valence-electron chi connectivity index (χ0n) is 15.6. The van der Waals surface area contributed by atoms with Gasteiger partial charge in [-0.3, -0.25) is 0 Å². The topological polar surface area (TPSA) is 52.6 Å². The van der Waals surface area contributed by atoms with Gasteiger partial charge >= 0.3 is 7.12 Å². The fourth-order valence-electron chi connectivity index (χ4n) is 2.76. The second-order valence-corrected chi connectivity index (χ2v) is 9.66. The summed E-state index contributed by atoms with van der Waals surface area (Å²) >= 11 is 0. The second kappa shape index (κ2) is 6.81. The van der Waals surface area contributed by atoms with Gasteiger partial charge in [0.15, 0.2) is 9.84 Å². The Kier molecular flexibility index (Phi) is 5.53. The molecular weight excluding hydrogens is 323 g/mol. The van der Waals surface area contributed by atoms with Crippen molar-refractivity contribution in [3.63, 3.8) is 0 Å². The van der Waals surface area contributed by atoms with Crippen LogP contribution in [-0.2, 0) is 19.1 Å². The molecule has 0 radical (unpaired) electrons. The molecule has 1 aliphatic rings. The summed E-state index contributed by atoms with van der Waals surface area (Å²) in [7, 11) is -3.85. The van der Waals surface area contributed by atoms with Gasteiger partial charge in [0.05, 0.1) is 21.9 Å². The Labute approximate surface area is 147 Å². The maximum atomic E-state index is 12.7. The first kappa shape index (κ1) is 19.5. The minimum absolute atomic E-state index is 0.187. The van der Waals surface area contributed by atoms with Crippen LogP contribution in [0.5, 0.6) is 0 Å². The van der Waals surface area contributed by atoms with Crippen LogP contribution >= 0.6 is 0 Å². The lowest BCUT2D eigenvalue weighted by molar-refractivity contribution is 0.00578. The van der Waals surface area contributed by atoms with Gasteiger partial charge in [-0.15, -0.1) is 0 Å². The van der Waals surface area contributed by atoms with Crippen molar-refractivity contribution in [1.29, 1.82) is 0 Å². The van der Waals surface area contributed by atoms with Crippen molar-refractivity contribution in [2.24, 2.45) is 5.92 Å². The van der Waals surface area contributed by atoms with Crippen molar-refractivity contribution in [2.45, 2.75) is 70.5 Å². The molecule has 1 fully saturated rings. The number of sulfone groups is 1. The summed E-state index contributed by atoms with van der Waals surface area (Å²) in [6.45, 7) is 12.0. The van der Waals surface area contributed by atoms with Crippen molar-refractivity contribution in [1.82, 2.24) is 0 Å². The van der Waals surface area contributed by atoms with E-state index in [1.165, 1.54) is 0 Å². The van der Waals surface area contributed by atoms with Gasteiger partial charge in [0, 0.05) is 0 Å². The minimum Gasteiger partial charge on any atom is -0.399 e. The summed E-state index contributed by atoms with van der Waals surface area (Å²) in [6, 6.07) is 6.98. The first-order valence-corrected chi connectivity index (χ1v) is 10.4. The summed E-state index contributed by atoms with van der Waals surface area (Å²) in [6.07, 6.45) is 1.74. The third-order valence-corrected chi connectivity index (χ3v) is 7.23. The maximum Gasteiger partial charge on any atom is 0.494 e. The van der Waals surface area contributed by atoms with Crippen molar-refractivity contribution in [3.05, 3.63) is 24.3 Å². The van der Waals surface area contributed by atoms with Crippen LogP contribution in [0.3, 0.4) is 0 Å². The van der Waals surface area contributed by atoms with Crippen LogP contribution in [0.4, 0.5) is 0 Å². The Balaban J connectivity index is 2.27. The lowest BCUT2D eigenvalue weighted by Crippen LogP contribution is -2.41. The first-order chi connectivity index (χ1) is 11.0. The molecule has 1 aromatic rings. The average molecular weight is 352 g/mol. The quantitative estimate of drug-likeness (QED) is 0.738. The first-order valence-electron chi connectivity index (χ1n) is 8.70. The molecule has 0 aromatic heterocycles. The van der Waals surface area contributed by atoms with Crippen LogP contribution in [0.15, 0.2) is 29.2 Å². The maximum absolute atomic E-state index is 12.7. The molecule has 2 rings (SSSR count). The fourth-order valence-corrected chi connectivity index (χ4v) is 4.65. The van der Waals surface area contributed by atoms with Crippen LogP contribution < -0.4 is 5.46 Å². The zero-order chi connectivity index (χ0) is 18.2. The standard InChI is InChI=1S/C18H29BO4S/c1-7-14(8-2)13-24(20,21)16-11-9-10-15(12-16)19-22-17(3,4)18(5,6)23-19/h9-12,14H,7-8,13H2,1-6H3.